The predicted molar refractivity (Wildman–Crippen MR) is 67.2 cm³/mol. The van der Waals surface area contributed by atoms with E-state index in [9.17, 15) is 9.59 Å². The third-order valence-electron chi connectivity index (χ3n) is 3.12. The molecule has 0 bridgehead atoms. The van der Waals surface area contributed by atoms with Gasteiger partial charge in [0.15, 0.2) is 0 Å². The standard InChI is InChI=1S/C14H17NO3/c1-9-2-4-10(5-3-9)8-12(14(17)18)15-13(16)11-6-7-11/h2-5,11-12H,6-8H2,1H3,(H,15,16)(H,17,18). The van der Waals surface area contributed by atoms with Crippen LogP contribution < -0.4 is 5.32 Å². The number of carboxylic acid groups (broad SMARTS) is 1. The number of aryl methyl sites for hydroxylation is 1. The van der Waals surface area contributed by atoms with Crippen molar-refractivity contribution < 1.29 is 14.7 Å². The Labute approximate surface area is 106 Å². The van der Waals surface area contributed by atoms with E-state index in [1.165, 1.54) is 0 Å². The third-order valence-corrected chi connectivity index (χ3v) is 3.12. The van der Waals surface area contributed by atoms with Crippen LogP contribution in [-0.2, 0) is 16.0 Å². The van der Waals surface area contributed by atoms with Crippen molar-refractivity contribution >= 4 is 11.9 Å². The number of hydrogen-bond acceptors (Lipinski definition) is 2. The molecule has 1 aromatic rings. The number of benzene rings is 1. The topological polar surface area (TPSA) is 66.4 Å². The van der Waals surface area contributed by atoms with Gasteiger partial charge in [0.1, 0.15) is 6.04 Å². The van der Waals surface area contributed by atoms with E-state index in [2.05, 4.69) is 5.32 Å². The van der Waals surface area contributed by atoms with E-state index in [0.717, 1.165) is 24.0 Å². The molecule has 1 saturated carbocycles. The van der Waals surface area contributed by atoms with Crippen LogP contribution in [0.15, 0.2) is 24.3 Å². The van der Waals surface area contributed by atoms with Gasteiger partial charge in [-0.15, -0.1) is 0 Å². The molecule has 1 aromatic carbocycles. The minimum absolute atomic E-state index is 0.0323. The zero-order chi connectivity index (χ0) is 13.1. The van der Waals surface area contributed by atoms with Crippen LogP contribution in [0.25, 0.3) is 0 Å². The minimum Gasteiger partial charge on any atom is -0.480 e. The number of carbonyl (C=O) groups is 2. The minimum atomic E-state index is -0.982. The van der Waals surface area contributed by atoms with Gasteiger partial charge >= 0.3 is 5.97 Å². The molecule has 0 heterocycles. The molecule has 4 heteroatoms. The van der Waals surface area contributed by atoms with E-state index in [1.54, 1.807) is 0 Å². The number of carboxylic acids is 1. The second-order valence-electron chi connectivity index (χ2n) is 4.86. The summed E-state index contributed by atoms with van der Waals surface area (Å²) in [4.78, 5) is 22.7. The summed E-state index contributed by atoms with van der Waals surface area (Å²) in [5, 5.41) is 11.7. The maximum Gasteiger partial charge on any atom is 0.326 e. The van der Waals surface area contributed by atoms with Crippen LogP contribution in [0, 0.1) is 12.8 Å². The molecular formula is C14H17NO3. The van der Waals surface area contributed by atoms with Crippen LogP contribution in [0.4, 0.5) is 0 Å². The molecule has 0 radical (unpaired) electrons. The van der Waals surface area contributed by atoms with Gasteiger partial charge in [0.25, 0.3) is 0 Å². The fourth-order valence-corrected chi connectivity index (χ4v) is 1.80. The lowest BCUT2D eigenvalue weighted by molar-refractivity contribution is -0.142. The molecule has 0 spiro atoms. The molecule has 1 atom stereocenters. The lowest BCUT2D eigenvalue weighted by Gasteiger charge is -2.14. The molecule has 1 aliphatic carbocycles. The first-order valence-electron chi connectivity index (χ1n) is 6.15. The molecule has 1 unspecified atom stereocenters. The molecular weight excluding hydrogens is 230 g/mol. The van der Waals surface area contributed by atoms with Gasteiger partial charge in [0, 0.05) is 12.3 Å². The van der Waals surface area contributed by atoms with Crippen molar-refractivity contribution in [2.45, 2.75) is 32.2 Å². The number of carbonyl (C=O) groups excluding carboxylic acids is 1. The van der Waals surface area contributed by atoms with Crippen LogP contribution in [0.5, 0.6) is 0 Å². The largest absolute Gasteiger partial charge is 0.480 e. The van der Waals surface area contributed by atoms with E-state index in [-0.39, 0.29) is 11.8 Å². The average molecular weight is 247 g/mol. The number of amides is 1. The van der Waals surface area contributed by atoms with E-state index in [4.69, 9.17) is 5.11 Å². The maximum atomic E-state index is 11.6. The summed E-state index contributed by atoms with van der Waals surface area (Å²) in [6.07, 6.45) is 2.08. The molecule has 0 aliphatic heterocycles. The Morgan fingerprint density at radius 3 is 2.44 bits per heavy atom. The highest BCUT2D eigenvalue weighted by Crippen LogP contribution is 2.29. The number of aliphatic carboxylic acids is 1. The van der Waals surface area contributed by atoms with Crippen molar-refractivity contribution in [1.29, 1.82) is 0 Å². The van der Waals surface area contributed by atoms with Gasteiger partial charge < -0.3 is 10.4 Å². The highest BCUT2D eigenvalue weighted by Gasteiger charge is 2.32. The average Bonchev–Trinajstić information content (AvgIpc) is 3.14. The van der Waals surface area contributed by atoms with Crippen LogP contribution in [0.2, 0.25) is 0 Å². The molecule has 1 amide bonds. The first kappa shape index (κ1) is 12.6. The normalized spacial score (nSPS) is 16.1. The highest BCUT2D eigenvalue weighted by molar-refractivity contribution is 5.86. The Hall–Kier alpha value is -1.84. The van der Waals surface area contributed by atoms with Gasteiger partial charge in [-0.1, -0.05) is 29.8 Å². The predicted octanol–water partition coefficient (Wildman–Crippen LogP) is 1.52. The van der Waals surface area contributed by atoms with Crippen LogP contribution in [0.1, 0.15) is 24.0 Å². The van der Waals surface area contributed by atoms with E-state index >= 15 is 0 Å². The smallest absolute Gasteiger partial charge is 0.326 e. The van der Waals surface area contributed by atoms with Gasteiger partial charge in [0.2, 0.25) is 5.91 Å². The fraction of sp³-hybridized carbons (Fsp3) is 0.429. The van der Waals surface area contributed by atoms with Crippen molar-refractivity contribution in [3.8, 4) is 0 Å². The maximum absolute atomic E-state index is 11.6. The first-order valence-corrected chi connectivity index (χ1v) is 6.15. The Morgan fingerprint density at radius 2 is 1.94 bits per heavy atom. The molecule has 18 heavy (non-hydrogen) atoms. The summed E-state index contributed by atoms with van der Waals surface area (Å²) < 4.78 is 0. The fourth-order valence-electron chi connectivity index (χ4n) is 1.80. The summed E-state index contributed by atoms with van der Waals surface area (Å²) in [7, 11) is 0. The third kappa shape index (κ3) is 3.32. The Balaban J connectivity index is 1.99. The molecule has 2 N–H and O–H groups in total. The summed E-state index contributed by atoms with van der Waals surface area (Å²) in [5.41, 5.74) is 2.05. The first-order chi connectivity index (χ1) is 8.56. The summed E-state index contributed by atoms with van der Waals surface area (Å²) >= 11 is 0. The summed E-state index contributed by atoms with van der Waals surface area (Å²) in [5.74, 6) is -1.08. The van der Waals surface area contributed by atoms with E-state index in [1.807, 2.05) is 31.2 Å². The molecule has 96 valence electrons. The summed E-state index contributed by atoms with van der Waals surface area (Å²) in [6, 6.07) is 6.85. The molecule has 1 aliphatic rings. The van der Waals surface area contributed by atoms with Crippen molar-refractivity contribution in [2.75, 3.05) is 0 Å². The SMILES string of the molecule is Cc1ccc(CC(NC(=O)C2CC2)C(=O)O)cc1. The van der Waals surface area contributed by atoms with Crippen molar-refractivity contribution in [2.24, 2.45) is 5.92 Å². The van der Waals surface area contributed by atoms with E-state index in [0.29, 0.717) is 6.42 Å². The Bertz CT molecular complexity index is 449. The number of rotatable bonds is 5. The van der Waals surface area contributed by atoms with Gasteiger partial charge in [0.05, 0.1) is 0 Å². The number of nitrogens with one attached hydrogen (secondary N) is 1. The van der Waals surface area contributed by atoms with Crippen LogP contribution in [0.3, 0.4) is 0 Å². The lowest BCUT2D eigenvalue weighted by Crippen LogP contribution is -2.43. The van der Waals surface area contributed by atoms with Crippen molar-refractivity contribution in [3.05, 3.63) is 35.4 Å². The van der Waals surface area contributed by atoms with E-state index < -0.39 is 12.0 Å². The number of hydrogen-bond donors (Lipinski definition) is 2. The Kier molecular flexibility index (Phi) is 3.65. The quantitative estimate of drug-likeness (QED) is 0.829. The van der Waals surface area contributed by atoms with Gasteiger partial charge in [-0.05, 0) is 25.3 Å². The molecule has 2 rings (SSSR count). The second-order valence-corrected chi connectivity index (χ2v) is 4.86. The van der Waals surface area contributed by atoms with Crippen molar-refractivity contribution in [1.82, 2.24) is 5.32 Å². The van der Waals surface area contributed by atoms with Crippen molar-refractivity contribution in [3.63, 3.8) is 0 Å². The Morgan fingerprint density at radius 1 is 1.33 bits per heavy atom. The molecule has 1 fully saturated rings. The zero-order valence-electron chi connectivity index (χ0n) is 10.3. The summed E-state index contributed by atoms with van der Waals surface area (Å²) in [6.45, 7) is 1.98. The van der Waals surface area contributed by atoms with Crippen LogP contribution in [-0.4, -0.2) is 23.0 Å². The monoisotopic (exact) mass is 247 g/mol. The van der Waals surface area contributed by atoms with Gasteiger partial charge in [-0.2, -0.15) is 0 Å². The van der Waals surface area contributed by atoms with Gasteiger partial charge in [-0.25, -0.2) is 4.79 Å². The zero-order valence-corrected chi connectivity index (χ0v) is 10.3. The molecule has 0 aromatic heterocycles. The highest BCUT2D eigenvalue weighted by atomic mass is 16.4. The second kappa shape index (κ2) is 5.21. The van der Waals surface area contributed by atoms with Crippen LogP contribution >= 0.6 is 0 Å². The van der Waals surface area contributed by atoms with Gasteiger partial charge in [-0.3, -0.25) is 4.79 Å². The lowest BCUT2D eigenvalue weighted by atomic mass is 10.0. The molecule has 4 nitrogen and oxygen atoms in total. The molecule has 0 saturated heterocycles.